The molecule has 6 rings (SSSR count). The van der Waals surface area contributed by atoms with Gasteiger partial charge in [0.15, 0.2) is 5.82 Å². The fourth-order valence-corrected chi connectivity index (χ4v) is 6.01. The van der Waals surface area contributed by atoms with E-state index in [2.05, 4.69) is 51.6 Å². The number of aliphatic carboxylic acids is 1. The van der Waals surface area contributed by atoms with Gasteiger partial charge < -0.3 is 36.1 Å². The van der Waals surface area contributed by atoms with Crippen LogP contribution in [0.3, 0.4) is 0 Å². The number of ether oxygens (including phenoxy) is 1. The third kappa shape index (κ3) is 10.8. The van der Waals surface area contributed by atoms with Crippen LogP contribution in [0.4, 0.5) is 18.9 Å². The van der Waals surface area contributed by atoms with E-state index in [0.29, 0.717) is 21.5 Å². The van der Waals surface area contributed by atoms with E-state index in [4.69, 9.17) is 11.6 Å². The summed E-state index contributed by atoms with van der Waals surface area (Å²) in [6.07, 6.45) is -6.34. The summed E-state index contributed by atoms with van der Waals surface area (Å²) in [5, 5.41) is 35.7. The van der Waals surface area contributed by atoms with Crippen LogP contribution < -0.4 is 26.0 Å². The molecule has 57 heavy (non-hydrogen) atoms. The largest absolute Gasteiger partial charge is 0.573 e. The molecule has 20 heteroatoms. The number of halogens is 4. The summed E-state index contributed by atoms with van der Waals surface area (Å²) < 4.78 is 41.7. The van der Waals surface area contributed by atoms with E-state index in [0.717, 1.165) is 35.0 Å². The first-order valence-electron chi connectivity index (χ1n) is 17.0. The Morgan fingerprint density at radius 2 is 1.47 bits per heavy atom. The highest BCUT2D eigenvalue weighted by atomic mass is 35.5. The van der Waals surface area contributed by atoms with Gasteiger partial charge in [-0.3, -0.25) is 24.0 Å². The van der Waals surface area contributed by atoms with Crippen molar-refractivity contribution in [3.63, 3.8) is 0 Å². The molecule has 2 aromatic heterocycles. The first-order chi connectivity index (χ1) is 27.2. The lowest BCUT2D eigenvalue weighted by Crippen LogP contribution is -2.57. The monoisotopic (exact) mass is 805 g/mol. The van der Waals surface area contributed by atoms with Crippen molar-refractivity contribution in [3.8, 4) is 5.75 Å². The molecule has 4 amide bonds. The predicted octanol–water partition coefficient (Wildman–Crippen LogP) is 4.05. The molecule has 0 radical (unpaired) electrons. The van der Waals surface area contributed by atoms with Gasteiger partial charge in [0.05, 0.1) is 6.42 Å². The second-order valence-corrected chi connectivity index (χ2v) is 13.1. The van der Waals surface area contributed by atoms with Crippen molar-refractivity contribution in [1.82, 2.24) is 41.6 Å². The van der Waals surface area contributed by atoms with Gasteiger partial charge in [-0.05, 0) is 64.9 Å². The van der Waals surface area contributed by atoms with Crippen molar-refractivity contribution in [1.29, 1.82) is 0 Å². The first kappa shape index (κ1) is 39.7. The van der Waals surface area contributed by atoms with E-state index in [9.17, 15) is 42.3 Å². The van der Waals surface area contributed by atoms with Crippen LogP contribution in [0.1, 0.15) is 28.3 Å². The molecular weight excluding hydrogens is 775 g/mol. The molecule has 0 saturated heterocycles. The number of anilines is 1. The molecule has 0 aliphatic rings. The molecule has 0 aliphatic heterocycles. The summed E-state index contributed by atoms with van der Waals surface area (Å²) >= 11 is 6.11. The summed E-state index contributed by atoms with van der Waals surface area (Å²) in [6.45, 7) is 0. The van der Waals surface area contributed by atoms with E-state index in [-0.39, 0.29) is 30.0 Å². The Morgan fingerprint density at radius 3 is 2.18 bits per heavy atom. The van der Waals surface area contributed by atoms with Crippen LogP contribution in [-0.2, 0) is 32.0 Å². The Balaban J connectivity index is 1.22. The number of nitrogens with one attached hydrogen (secondary N) is 6. The van der Waals surface area contributed by atoms with E-state index < -0.39 is 66.3 Å². The van der Waals surface area contributed by atoms with Crippen LogP contribution in [-0.4, -0.2) is 84.8 Å². The van der Waals surface area contributed by atoms with Crippen molar-refractivity contribution in [2.75, 3.05) is 5.32 Å². The van der Waals surface area contributed by atoms with Gasteiger partial charge in [0.25, 0.3) is 5.91 Å². The van der Waals surface area contributed by atoms with Crippen molar-refractivity contribution in [2.24, 2.45) is 0 Å². The Morgan fingerprint density at radius 1 is 0.772 bits per heavy atom. The van der Waals surface area contributed by atoms with Gasteiger partial charge in [-0.25, -0.2) is 0 Å². The summed E-state index contributed by atoms with van der Waals surface area (Å²) in [5.41, 5.74) is 1.35. The lowest BCUT2D eigenvalue weighted by atomic mass is 10.0. The highest BCUT2D eigenvalue weighted by Crippen LogP contribution is 2.25. The number of aromatic amines is 2. The molecule has 0 fully saturated rings. The number of carbonyl (C=O) groups is 5. The number of tetrazole rings is 1. The third-order valence-corrected chi connectivity index (χ3v) is 8.71. The van der Waals surface area contributed by atoms with Crippen LogP contribution in [0.2, 0.25) is 5.02 Å². The summed E-state index contributed by atoms with van der Waals surface area (Å²) in [7, 11) is 0. The van der Waals surface area contributed by atoms with Crippen molar-refractivity contribution < 1.29 is 47.0 Å². The van der Waals surface area contributed by atoms with Crippen molar-refractivity contribution >= 4 is 68.6 Å². The first-order valence-corrected chi connectivity index (χ1v) is 17.4. The van der Waals surface area contributed by atoms with Crippen LogP contribution in [0.5, 0.6) is 5.75 Å². The molecule has 16 nitrogen and oxygen atoms in total. The van der Waals surface area contributed by atoms with Crippen LogP contribution in [0.25, 0.3) is 21.7 Å². The standard InChI is InChI=1S/C37H31ClF3N9O7/c38-23-7-12-26-22(15-23)16-28(43-26)35(55)44-27(14-19-5-6-20-3-1-2-4-21(20)13-19)34(54)46-30(18-32(51)52)36(56)45-29(17-31-47-49-50-48-31)33(53)42-24-8-10-25(11-9-24)57-37(39,40)41/h1-13,15-16,27,29-30,43H,14,17-18H2,(H,42,53)(H,44,55)(H,45,56)(H,46,54)(H,51,52)(H,47,48,49,50)/t27-,29-,30-/m0/s1. The normalized spacial score (nSPS) is 13.0. The summed E-state index contributed by atoms with van der Waals surface area (Å²) in [4.78, 5) is 69.7. The number of alkyl halides is 3. The number of carbonyl (C=O) groups excluding carboxylic acids is 4. The van der Waals surface area contributed by atoms with Gasteiger partial charge >= 0.3 is 12.3 Å². The number of hydrogen-bond donors (Lipinski definition) is 7. The molecule has 0 aliphatic carbocycles. The summed E-state index contributed by atoms with van der Waals surface area (Å²) in [6, 6.07) is 18.9. The Hall–Kier alpha value is -7.02. The highest BCUT2D eigenvalue weighted by molar-refractivity contribution is 6.31. The smallest absolute Gasteiger partial charge is 0.481 e. The highest BCUT2D eigenvalue weighted by Gasteiger charge is 2.33. The average molecular weight is 806 g/mol. The fourth-order valence-electron chi connectivity index (χ4n) is 5.83. The lowest BCUT2D eigenvalue weighted by Gasteiger charge is -2.24. The number of nitrogens with zero attached hydrogens (tertiary/aromatic N) is 3. The lowest BCUT2D eigenvalue weighted by molar-refractivity contribution is -0.274. The second-order valence-electron chi connectivity index (χ2n) is 12.6. The third-order valence-electron chi connectivity index (χ3n) is 8.48. The number of benzene rings is 4. The number of carboxylic acids is 1. The molecule has 294 valence electrons. The molecule has 6 aromatic rings. The van der Waals surface area contributed by atoms with E-state index in [1.165, 1.54) is 0 Å². The van der Waals surface area contributed by atoms with Crippen LogP contribution in [0, 0.1) is 0 Å². The average Bonchev–Trinajstić information content (AvgIpc) is 3.84. The molecule has 0 unspecified atom stereocenters. The number of amides is 4. The molecule has 4 aromatic carbocycles. The van der Waals surface area contributed by atoms with Gasteiger partial charge in [0.1, 0.15) is 29.6 Å². The van der Waals surface area contributed by atoms with Crippen LogP contribution in [0.15, 0.2) is 91.0 Å². The molecule has 0 spiro atoms. The SMILES string of the molecule is O=C(O)C[C@H](NC(=O)[C@H](Cc1ccc2ccccc2c1)NC(=O)c1cc2cc(Cl)ccc2[nH]1)C(=O)N[C@@H](Cc1nn[nH]n1)C(=O)Nc1ccc(OC(F)(F)F)cc1. The van der Waals surface area contributed by atoms with Crippen molar-refractivity contribution in [3.05, 3.63) is 113 Å². The topological polar surface area (TPSA) is 233 Å². The summed E-state index contributed by atoms with van der Waals surface area (Å²) in [5.74, 6) is -5.69. The molecule has 0 bridgehead atoms. The number of fused-ring (bicyclic) bond motifs is 2. The second kappa shape index (κ2) is 17.2. The maximum atomic E-state index is 14.0. The maximum Gasteiger partial charge on any atom is 0.573 e. The number of H-pyrrole nitrogens is 2. The predicted molar refractivity (Wildman–Crippen MR) is 198 cm³/mol. The number of rotatable bonds is 15. The molecule has 2 heterocycles. The molecule has 0 saturated carbocycles. The van der Waals surface area contributed by atoms with E-state index in [1.54, 1.807) is 30.3 Å². The zero-order valence-corrected chi connectivity index (χ0v) is 30.0. The molecule has 3 atom stereocenters. The number of carboxylic acid groups (broad SMARTS) is 1. The van der Waals surface area contributed by atoms with Gasteiger partial charge in [-0.1, -0.05) is 59.3 Å². The van der Waals surface area contributed by atoms with Crippen LogP contribution >= 0.6 is 11.6 Å². The van der Waals surface area contributed by atoms with E-state index in [1.807, 2.05) is 36.4 Å². The number of aromatic nitrogens is 5. The molecular formula is C37H31ClF3N9O7. The number of hydrogen-bond acceptors (Lipinski definition) is 9. The molecule has 7 N–H and O–H groups in total. The van der Waals surface area contributed by atoms with Gasteiger partial charge in [0.2, 0.25) is 17.7 Å². The minimum Gasteiger partial charge on any atom is -0.481 e. The Bertz CT molecular complexity index is 2430. The van der Waals surface area contributed by atoms with Gasteiger partial charge in [0, 0.05) is 34.5 Å². The Labute approximate surface area is 324 Å². The quantitative estimate of drug-likeness (QED) is 0.0787. The zero-order valence-electron chi connectivity index (χ0n) is 29.3. The zero-order chi connectivity index (χ0) is 40.7. The van der Waals surface area contributed by atoms with Crippen molar-refractivity contribution in [2.45, 2.75) is 43.8 Å². The van der Waals surface area contributed by atoms with E-state index >= 15 is 0 Å². The minimum absolute atomic E-state index is 0.0163. The maximum absolute atomic E-state index is 14.0. The minimum atomic E-state index is -4.94. The van der Waals surface area contributed by atoms with Gasteiger partial charge in [-0.2, -0.15) is 5.21 Å². The van der Waals surface area contributed by atoms with Gasteiger partial charge in [-0.15, -0.1) is 23.4 Å². The fraction of sp³-hybridized carbons (Fsp3) is 0.189. The Kier molecular flexibility index (Phi) is 12.0.